The van der Waals surface area contributed by atoms with E-state index in [0.717, 1.165) is 31.7 Å². The van der Waals surface area contributed by atoms with Crippen molar-refractivity contribution in [3.05, 3.63) is 54.1 Å². The fourth-order valence-corrected chi connectivity index (χ4v) is 5.01. The summed E-state index contributed by atoms with van der Waals surface area (Å²) < 4.78 is 17.2. The number of benzene rings is 2. The van der Waals surface area contributed by atoms with E-state index in [0.29, 0.717) is 18.9 Å². The summed E-state index contributed by atoms with van der Waals surface area (Å²) in [5, 5.41) is 25.0. The quantitative estimate of drug-likeness (QED) is 0.616. The zero-order chi connectivity index (χ0) is 22.1. The lowest BCUT2D eigenvalue weighted by atomic mass is 9.94. The van der Waals surface area contributed by atoms with Crippen LogP contribution in [0, 0.1) is 0 Å². The van der Waals surface area contributed by atoms with Gasteiger partial charge in [0, 0.05) is 50.0 Å². The van der Waals surface area contributed by atoms with E-state index in [1.807, 2.05) is 18.2 Å². The van der Waals surface area contributed by atoms with Crippen LogP contribution in [0.3, 0.4) is 0 Å². The van der Waals surface area contributed by atoms with E-state index in [-0.39, 0.29) is 23.9 Å². The van der Waals surface area contributed by atoms with E-state index in [9.17, 15) is 10.2 Å². The molecule has 5 unspecified atom stereocenters. The Labute approximate surface area is 188 Å². The first-order valence-electron chi connectivity index (χ1n) is 11.2. The van der Waals surface area contributed by atoms with E-state index in [1.54, 1.807) is 13.2 Å². The fraction of sp³-hybridized carbons (Fsp3) is 0.500. The molecular weight excluding hydrogens is 410 g/mol. The van der Waals surface area contributed by atoms with Crippen molar-refractivity contribution in [1.29, 1.82) is 0 Å². The van der Waals surface area contributed by atoms with Gasteiger partial charge in [0.2, 0.25) is 0 Å². The SMILES string of the molecule is COc1ccc(CNC2C3COC(O3)C(N3CCN(c4ccccc4)CC3)C2O)c(O)c1. The number of nitrogens with one attached hydrogen (secondary N) is 1. The number of hydrogen-bond acceptors (Lipinski definition) is 8. The average Bonchev–Trinajstić information content (AvgIpc) is 3.25. The molecule has 3 N–H and O–H groups in total. The molecule has 0 aliphatic carbocycles. The molecular formula is C24H31N3O5. The Morgan fingerprint density at radius 2 is 1.88 bits per heavy atom. The number of ether oxygens (including phenoxy) is 3. The minimum Gasteiger partial charge on any atom is -0.507 e. The van der Waals surface area contributed by atoms with Crippen molar-refractivity contribution >= 4 is 5.69 Å². The van der Waals surface area contributed by atoms with Crippen molar-refractivity contribution in [2.75, 3.05) is 44.8 Å². The van der Waals surface area contributed by atoms with Crippen LogP contribution in [0.5, 0.6) is 11.5 Å². The first kappa shape index (κ1) is 21.5. The van der Waals surface area contributed by atoms with Crippen LogP contribution in [0.2, 0.25) is 0 Å². The molecule has 3 aliphatic heterocycles. The van der Waals surface area contributed by atoms with Crippen LogP contribution in [0.4, 0.5) is 5.69 Å². The van der Waals surface area contributed by atoms with Crippen LogP contribution in [0.15, 0.2) is 48.5 Å². The first-order chi connectivity index (χ1) is 15.6. The van der Waals surface area contributed by atoms with Gasteiger partial charge in [-0.3, -0.25) is 4.90 Å². The minimum atomic E-state index is -0.634. The number of aliphatic hydroxyl groups excluding tert-OH is 1. The normalized spacial score (nSPS) is 30.4. The van der Waals surface area contributed by atoms with Gasteiger partial charge in [-0.1, -0.05) is 24.3 Å². The molecule has 3 saturated heterocycles. The lowest BCUT2D eigenvalue weighted by Gasteiger charge is -2.47. The molecule has 5 rings (SSSR count). The summed E-state index contributed by atoms with van der Waals surface area (Å²) >= 11 is 0. The number of methoxy groups -OCH3 is 1. The molecule has 2 bridgehead atoms. The lowest BCUT2D eigenvalue weighted by molar-refractivity contribution is -0.183. The smallest absolute Gasteiger partial charge is 0.176 e. The van der Waals surface area contributed by atoms with Crippen molar-refractivity contribution in [2.24, 2.45) is 0 Å². The third kappa shape index (κ3) is 4.16. The number of rotatable bonds is 6. The van der Waals surface area contributed by atoms with Crippen molar-refractivity contribution in [1.82, 2.24) is 10.2 Å². The Morgan fingerprint density at radius 1 is 1.09 bits per heavy atom. The summed E-state index contributed by atoms with van der Waals surface area (Å²) in [4.78, 5) is 4.66. The Morgan fingerprint density at radius 3 is 2.59 bits per heavy atom. The molecule has 2 aromatic rings. The highest BCUT2D eigenvalue weighted by atomic mass is 16.7. The molecule has 0 amide bonds. The van der Waals surface area contributed by atoms with Crippen molar-refractivity contribution < 1.29 is 24.4 Å². The molecule has 0 spiro atoms. The summed E-state index contributed by atoms with van der Waals surface area (Å²) in [7, 11) is 1.57. The Kier molecular flexibility index (Phi) is 6.21. The van der Waals surface area contributed by atoms with Crippen molar-refractivity contribution in [3.63, 3.8) is 0 Å². The van der Waals surface area contributed by atoms with Gasteiger partial charge < -0.3 is 34.6 Å². The largest absolute Gasteiger partial charge is 0.507 e. The summed E-state index contributed by atoms with van der Waals surface area (Å²) in [5.41, 5.74) is 1.97. The highest BCUT2D eigenvalue weighted by Gasteiger charge is 2.52. The predicted octanol–water partition coefficient (Wildman–Crippen LogP) is 1.17. The number of nitrogens with zero attached hydrogens (tertiary/aromatic N) is 2. The molecule has 2 aromatic carbocycles. The van der Waals surface area contributed by atoms with Crippen LogP contribution in [0.1, 0.15) is 5.56 Å². The van der Waals surface area contributed by atoms with Crippen LogP contribution in [-0.2, 0) is 16.0 Å². The van der Waals surface area contributed by atoms with Gasteiger partial charge in [-0.2, -0.15) is 0 Å². The average molecular weight is 442 g/mol. The molecule has 172 valence electrons. The Balaban J connectivity index is 1.24. The molecule has 8 nitrogen and oxygen atoms in total. The lowest BCUT2D eigenvalue weighted by Crippen LogP contribution is -2.66. The van der Waals surface area contributed by atoms with Crippen LogP contribution < -0.4 is 15.0 Å². The number of phenolic OH excluding ortho intramolecular Hbond substituents is 1. The minimum absolute atomic E-state index is 0.164. The number of para-hydroxylation sites is 1. The van der Waals surface area contributed by atoms with E-state index in [1.165, 1.54) is 5.69 Å². The van der Waals surface area contributed by atoms with Gasteiger partial charge in [-0.05, 0) is 18.2 Å². The Hall–Kier alpha value is -2.36. The van der Waals surface area contributed by atoms with E-state index < -0.39 is 12.4 Å². The molecule has 3 heterocycles. The van der Waals surface area contributed by atoms with Gasteiger partial charge in [0.25, 0.3) is 0 Å². The molecule has 0 radical (unpaired) electrons. The molecule has 3 aliphatic rings. The number of fused-ring (bicyclic) bond motifs is 2. The number of anilines is 1. The van der Waals surface area contributed by atoms with E-state index >= 15 is 0 Å². The second-order valence-electron chi connectivity index (χ2n) is 8.62. The maximum atomic E-state index is 11.3. The van der Waals surface area contributed by atoms with E-state index in [2.05, 4.69) is 39.4 Å². The summed E-state index contributed by atoms with van der Waals surface area (Å²) in [5.74, 6) is 0.770. The summed E-state index contributed by atoms with van der Waals surface area (Å²) in [6, 6.07) is 15.1. The van der Waals surface area contributed by atoms with Crippen LogP contribution in [-0.4, -0.2) is 85.6 Å². The van der Waals surface area contributed by atoms with Gasteiger partial charge in [0.15, 0.2) is 6.29 Å². The van der Waals surface area contributed by atoms with Gasteiger partial charge in [-0.15, -0.1) is 0 Å². The number of phenols is 1. The van der Waals surface area contributed by atoms with Gasteiger partial charge in [0.05, 0.1) is 31.9 Å². The highest BCUT2D eigenvalue weighted by molar-refractivity contribution is 5.46. The monoisotopic (exact) mass is 441 g/mol. The molecule has 32 heavy (non-hydrogen) atoms. The number of aromatic hydroxyl groups is 1. The Bertz CT molecular complexity index is 906. The van der Waals surface area contributed by atoms with Crippen molar-refractivity contribution in [2.45, 2.75) is 37.1 Å². The molecule has 3 fully saturated rings. The van der Waals surface area contributed by atoms with Crippen molar-refractivity contribution in [3.8, 4) is 11.5 Å². The highest BCUT2D eigenvalue weighted by Crippen LogP contribution is 2.33. The maximum absolute atomic E-state index is 11.3. The van der Waals surface area contributed by atoms with Gasteiger partial charge in [-0.25, -0.2) is 0 Å². The van der Waals surface area contributed by atoms with Gasteiger partial charge in [0.1, 0.15) is 17.6 Å². The first-order valence-corrected chi connectivity index (χ1v) is 11.2. The topological polar surface area (TPSA) is 86.7 Å². The molecule has 0 aromatic heterocycles. The van der Waals surface area contributed by atoms with Crippen LogP contribution >= 0.6 is 0 Å². The zero-order valence-corrected chi connectivity index (χ0v) is 18.3. The molecule has 0 saturated carbocycles. The number of piperazine rings is 1. The van der Waals surface area contributed by atoms with E-state index in [4.69, 9.17) is 14.2 Å². The zero-order valence-electron chi connectivity index (χ0n) is 18.3. The van der Waals surface area contributed by atoms with Crippen LogP contribution in [0.25, 0.3) is 0 Å². The summed E-state index contributed by atoms with van der Waals surface area (Å²) in [6.07, 6.45) is -1.26. The summed E-state index contributed by atoms with van der Waals surface area (Å²) in [6.45, 7) is 4.31. The second kappa shape index (κ2) is 9.25. The third-order valence-corrected chi connectivity index (χ3v) is 6.81. The number of hydrogen-bond donors (Lipinski definition) is 3. The standard InChI is InChI=1S/C24H31N3O5/c1-30-18-8-7-16(19(28)13-18)14-25-21-20-15-31-24(32-20)22(23(21)29)27-11-9-26(10-12-27)17-5-3-2-4-6-17/h2-8,13,20-25,28-29H,9-12,14-15H2,1H3. The third-order valence-electron chi connectivity index (χ3n) is 6.81. The predicted molar refractivity (Wildman–Crippen MR) is 120 cm³/mol. The van der Waals surface area contributed by atoms with Gasteiger partial charge >= 0.3 is 0 Å². The number of aliphatic hydroxyl groups is 1. The second-order valence-corrected chi connectivity index (χ2v) is 8.62. The molecule has 8 heteroatoms. The maximum Gasteiger partial charge on any atom is 0.176 e. The fourth-order valence-electron chi connectivity index (χ4n) is 5.01. The molecule has 5 atom stereocenters.